The van der Waals surface area contributed by atoms with Crippen LogP contribution in [0.4, 0.5) is 0 Å². The van der Waals surface area contributed by atoms with Crippen molar-refractivity contribution in [3.05, 3.63) is 23.4 Å². The van der Waals surface area contributed by atoms with Crippen molar-refractivity contribution in [1.82, 2.24) is 14.8 Å². The maximum absolute atomic E-state index is 13.3. The lowest BCUT2D eigenvalue weighted by Crippen LogP contribution is -2.50. The first kappa shape index (κ1) is 23.1. The molecular formula is C22H33N3O4. The second-order valence-electron chi connectivity index (χ2n) is 7.70. The molecule has 7 nitrogen and oxygen atoms in total. The van der Waals surface area contributed by atoms with Crippen molar-refractivity contribution in [2.45, 2.75) is 39.3 Å². The van der Waals surface area contributed by atoms with Gasteiger partial charge in [0.05, 0.1) is 12.6 Å². The predicted molar refractivity (Wildman–Crippen MR) is 112 cm³/mol. The highest BCUT2D eigenvalue weighted by Gasteiger charge is 2.34. The summed E-state index contributed by atoms with van der Waals surface area (Å²) < 4.78 is 11.2. The fourth-order valence-electron chi connectivity index (χ4n) is 3.38. The summed E-state index contributed by atoms with van der Waals surface area (Å²) in [5.74, 6) is 6.05. The molecule has 0 aliphatic carbocycles. The Kier molecular flexibility index (Phi) is 8.90. The Hall–Kier alpha value is -2.14. The van der Waals surface area contributed by atoms with Gasteiger partial charge >= 0.3 is 0 Å². The van der Waals surface area contributed by atoms with Crippen molar-refractivity contribution in [2.24, 2.45) is 5.92 Å². The first-order valence-electron chi connectivity index (χ1n) is 10.2. The first-order chi connectivity index (χ1) is 13.9. The molecule has 160 valence electrons. The topological polar surface area (TPSA) is 75.1 Å². The number of pyridine rings is 1. The van der Waals surface area contributed by atoms with E-state index in [1.807, 2.05) is 6.92 Å². The third-order valence-electron chi connectivity index (χ3n) is 5.07. The number of aliphatic hydroxyl groups excluding tert-OH is 1. The summed E-state index contributed by atoms with van der Waals surface area (Å²) in [6.07, 6.45) is 2.56. The van der Waals surface area contributed by atoms with Gasteiger partial charge in [0.1, 0.15) is 18.3 Å². The minimum Gasteiger partial charge on any atom is -0.472 e. The van der Waals surface area contributed by atoms with Gasteiger partial charge in [-0.05, 0) is 33.0 Å². The first-order valence-corrected chi connectivity index (χ1v) is 10.2. The molecule has 0 saturated heterocycles. The number of fused-ring (bicyclic) bond motifs is 1. The van der Waals surface area contributed by atoms with Crippen LogP contribution in [0.3, 0.4) is 0 Å². The minimum atomic E-state index is -0.298. The molecule has 1 aromatic rings. The maximum Gasteiger partial charge on any atom is 0.259 e. The Morgan fingerprint density at radius 1 is 1.52 bits per heavy atom. The van der Waals surface area contributed by atoms with E-state index in [9.17, 15) is 9.90 Å². The highest BCUT2D eigenvalue weighted by molar-refractivity contribution is 5.97. The molecule has 1 N–H and O–H groups in total. The lowest BCUT2D eigenvalue weighted by molar-refractivity contribution is 0.0331. The summed E-state index contributed by atoms with van der Waals surface area (Å²) >= 11 is 0. The number of nitrogens with zero attached hydrogens (tertiary/aromatic N) is 3. The van der Waals surface area contributed by atoms with Gasteiger partial charge in [-0.1, -0.05) is 25.7 Å². The third-order valence-corrected chi connectivity index (χ3v) is 5.07. The minimum absolute atomic E-state index is 0.0865. The Labute approximate surface area is 174 Å². The average Bonchev–Trinajstić information content (AvgIpc) is 2.70. The largest absolute Gasteiger partial charge is 0.472 e. The summed E-state index contributed by atoms with van der Waals surface area (Å²) in [4.78, 5) is 21.6. The molecule has 29 heavy (non-hydrogen) atoms. The van der Waals surface area contributed by atoms with Crippen LogP contribution < -0.4 is 4.74 Å². The lowest BCUT2D eigenvalue weighted by atomic mass is 10.00. The molecule has 7 heteroatoms. The maximum atomic E-state index is 13.3. The van der Waals surface area contributed by atoms with E-state index in [1.54, 1.807) is 24.3 Å². The number of aliphatic hydroxyl groups is 1. The van der Waals surface area contributed by atoms with E-state index in [0.717, 1.165) is 19.5 Å². The van der Waals surface area contributed by atoms with E-state index < -0.39 is 0 Å². The molecule has 0 saturated carbocycles. The van der Waals surface area contributed by atoms with Gasteiger partial charge < -0.3 is 24.4 Å². The molecule has 0 unspecified atom stereocenters. The predicted octanol–water partition coefficient (Wildman–Crippen LogP) is 1.64. The number of carbonyl (C=O) groups excluding carboxylic acids is 1. The summed E-state index contributed by atoms with van der Waals surface area (Å²) in [5.41, 5.74) is 1.01. The van der Waals surface area contributed by atoms with E-state index in [4.69, 9.17) is 9.47 Å². The van der Waals surface area contributed by atoms with Crippen LogP contribution in [0.25, 0.3) is 0 Å². The fraction of sp³-hybridized carbons (Fsp3) is 0.636. The van der Waals surface area contributed by atoms with Gasteiger partial charge in [-0.15, -0.1) is 0 Å². The van der Waals surface area contributed by atoms with Crippen LogP contribution in [-0.2, 0) is 4.74 Å². The second-order valence-corrected chi connectivity index (χ2v) is 7.70. The average molecular weight is 404 g/mol. The van der Waals surface area contributed by atoms with Crippen molar-refractivity contribution in [2.75, 3.05) is 47.0 Å². The van der Waals surface area contributed by atoms with Crippen LogP contribution in [0, 0.1) is 17.8 Å². The molecule has 0 aromatic carbocycles. The number of amides is 1. The van der Waals surface area contributed by atoms with Gasteiger partial charge in [0.2, 0.25) is 5.88 Å². The van der Waals surface area contributed by atoms with Crippen LogP contribution in [0.2, 0.25) is 0 Å². The molecular weight excluding hydrogens is 370 g/mol. The van der Waals surface area contributed by atoms with Gasteiger partial charge in [-0.3, -0.25) is 4.79 Å². The third kappa shape index (κ3) is 6.17. The summed E-state index contributed by atoms with van der Waals surface area (Å²) in [7, 11) is 3.65. The van der Waals surface area contributed by atoms with Crippen LogP contribution >= 0.6 is 0 Å². The molecule has 2 rings (SSSR count). The van der Waals surface area contributed by atoms with Gasteiger partial charge in [0, 0.05) is 37.9 Å². The monoisotopic (exact) mass is 403 g/mol. The lowest BCUT2D eigenvalue weighted by Gasteiger charge is -2.37. The van der Waals surface area contributed by atoms with E-state index in [-0.39, 0.29) is 30.6 Å². The van der Waals surface area contributed by atoms with Crippen molar-refractivity contribution in [1.29, 1.82) is 0 Å². The summed E-state index contributed by atoms with van der Waals surface area (Å²) in [6.45, 7) is 8.48. The normalized spacial score (nSPS) is 20.2. The molecule has 1 aliphatic rings. The number of hydrogen-bond donors (Lipinski definition) is 1. The molecule has 0 radical (unpaired) electrons. The molecule has 0 fully saturated rings. The molecule has 1 aromatic heterocycles. The molecule has 0 spiro atoms. The molecule has 0 bridgehead atoms. The van der Waals surface area contributed by atoms with Gasteiger partial charge in [0.25, 0.3) is 5.91 Å². The number of likely N-dealkylation sites (N-methyl/N-ethyl adjacent to an activating group) is 1. The second kappa shape index (κ2) is 11.1. The SMILES string of the molecule is CCCN(C)C[C@@H]1Oc2ncc(C#CCOC)cc2C(=O)N([C@H](C)CO)C[C@@H]1C. The highest BCUT2D eigenvalue weighted by Crippen LogP contribution is 2.27. The molecule has 3 atom stereocenters. The highest BCUT2D eigenvalue weighted by atomic mass is 16.5. The smallest absolute Gasteiger partial charge is 0.259 e. The molecule has 1 aliphatic heterocycles. The van der Waals surface area contributed by atoms with E-state index in [2.05, 4.69) is 42.6 Å². The number of ether oxygens (including phenoxy) is 2. The fourth-order valence-corrected chi connectivity index (χ4v) is 3.38. The number of methoxy groups -OCH3 is 1. The van der Waals surface area contributed by atoms with E-state index in [0.29, 0.717) is 30.2 Å². The summed E-state index contributed by atoms with van der Waals surface area (Å²) in [6, 6.07) is 1.42. The zero-order valence-electron chi connectivity index (χ0n) is 18.1. The quantitative estimate of drug-likeness (QED) is 0.698. The van der Waals surface area contributed by atoms with Crippen molar-refractivity contribution in [3.8, 4) is 17.7 Å². The van der Waals surface area contributed by atoms with E-state index >= 15 is 0 Å². The molecule has 1 amide bonds. The zero-order valence-corrected chi connectivity index (χ0v) is 18.1. The van der Waals surface area contributed by atoms with Gasteiger partial charge in [0.15, 0.2) is 0 Å². The van der Waals surface area contributed by atoms with Crippen LogP contribution in [0.15, 0.2) is 12.3 Å². The van der Waals surface area contributed by atoms with E-state index in [1.165, 1.54) is 0 Å². The Morgan fingerprint density at radius 2 is 2.28 bits per heavy atom. The van der Waals surface area contributed by atoms with Crippen molar-refractivity contribution in [3.63, 3.8) is 0 Å². The number of hydrogen-bond acceptors (Lipinski definition) is 6. The van der Waals surface area contributed by atoms with Crippen LogP contribution in [0.5, 0.6) is 5.88 Å². The van der Waals surface area contributed by atoms with Crippen LogP contribution in [-0.4, -0.2) is 84.9 Å². The standard InChI is InChI=1S/C22H33N3O4/c1-6-9-24(4)14-20-16(2)13-25(17(3)15-26)22(27)19-11-18(8-7-10-28-5)12-23-21(19)29-20/h11-12,16-17,20,26H,6,9-10,13-15H2,1-5H3/t16-,17+,20-/m0/s1. The number of aromatic nitrogens is 1. The Morgan fingerprint density at radius 3 is 2.93 bits per heavy atom. The zero-order chi connectivity index (χ0) is 21.4. The van der Waals surface area contributed by atoms with Gasteiger partial charge in [-0.2, -0.15) is 0 Å². The van der Waals surface area contributed by atoms with Gasteiger partial charge in [-0.25, -0.2) is 4.98 Å². The van der Waals surface area contributed by atoms with Crippen LogP contribution in [0.1, 0.15) is 43.1 Å². The van der Waals surface area contributed by atoms with Crippen molar-refractivity contribution < 1.29 is 19.4 Å². The van der Waals surface area contributed by atoms with Crippen molar-refractivity contribution >= 4 is 5.91 Å². The summed E-state index contributed by atoms with van der Waals surface area (Å²) in [5, 5.41) is 9.70. The Balaban J connectivity index is 2.42. The number of rotatable bonds is 7. The Bertz CT molecular complexity index is 743. The number of carbonyl (C=O) groups is 1. The molecule has 2 heterocycles.